The highest BCUT2D eigenvalue weighted by molar-refractivity contribution is 8.26. The first-order valence-electron chi connectivity index (χ1n) is 12.8. The van der Waals surface area contributed by atoms with Crippen molar-refractivity contribution in [3.8, 4) is 0 Å². The van der Waals surface area contributed by atoms with E-state index in [1.54, 1.807) is 0 Å². The van der Waals surface area contributed by atoms with Crippen LogP contribution in [0.3, 0.4) is 0 Å². The highest BCUT2D eigenvalue weighted by Crippen LogP contribution is 2.42. The fourth-order valence-electron chi connectivity index (χ4n) is 5.48. The van der Waals surface area contributed by atoms with Gasteiger partial charge >= 0.3 is 5.30 Å². The maximum absolute atomic E-state index is 12.5. The van der Waals surface area contributed by atoms with Crippen molar-refractivity contribution in [3.63, 3.8) is 0 Å². The van der Waals surface area contributed by atoms with E-state index in [4.69, 9.17) is 24.2 Å². The second-order valence-corrected chi connectivity index (χ2v) is 11.6. The molecule has 1 aromatic heterocycles. The molecule has 5 rings (SSSR count). The van der Waals surface area contributed by atoms with E-state index >= 15 is 0 Å². The normalized spacial score (nSPS) is 29.9. The number of carbonyl (C=O) groups is 1. The summed E-state index contributed by atoms with van der Waals surface area (Å²) in [6.45, 7) is 10.1. The van der Waals surface area contributed by atoms with E-state index < -0.39 is 16.2 Å². The molecule has 1 aliphatic carbocycles. The average molecular weight is 507 g/mol. The second kappa shape index (κ2) is 10.4. The van der Waals surface area contributed by atoms with E-state index in [9.17, 15) is 4.79 Å². The molecule has 4 heterocycles. The lowest BCUT2D eigenvalue weighted by molar-refractivity contribution is -0.178. The molecule has 1 N–H and O–H groups in total. The predicted octanol–water partition coefficient (Wildman–Crippen LogP) is 2.35. The van der Waals surface area contributed by atoms with Crippen molar-refractivity contribution < 1.29 is 19.0 Å². The molecule has 1 spiro atoms. The summed E-state index contributed by atoms with van der Waals surface area (Å²) >= 11 is 0. The van der Waals surface area contributed by atoms with Gasteiger partial charge in [-0.2, -0.15) is 0 Å². The van der Waals surface area contributed by atoms with Gasteiger partial charge in [-0.15, -0.1) is 0 Å². The number of aromatic nitrogens is 2. The molecule has 2 atom stereocenters. The van der Waals surface area contributed by atoms with Crippen molar-refractivity contribution >= 4 is 27.3 Å². The van der Waals surface area contributed by atoms with Gasteiger partial charge in [-0.1, -0.05) is 0 Å². The number of piperazine rings is 1. The van der Waals surface area contributed by atoms with Crippen LogP contribution in [0.2, 0.25) is 0 Å². The van der Waals surface area contributed by atoms with Gasteiger partial charge in [0.1, 0.15) is 0 Å². The minimum absolute atomic E-state index is 0.211. The highest BCUT2D eigenvalue weighted by atomic mass is 32.2. The average Bonchev–Trinajstić information content (AvgIpc) is 3.49. The lowest BCUT2D eigenvalue weighted by atomic mass is 9.83. The lowest BCUT2D eigenvalue weighted by Gasteiger charge is -2.47. The summed E-state index contributed by atoms with van der Waals surface area (Å²) in [7, 11) is 1.39. The molecule has 10 nitrogen and oxygen atoms in total. The zero-order valence-electron chi connectivity index (χ0n) is 21.1. The topological polar surface area (TPSA) is 92.3 Å². The van der Waals surface area contributed by atoms with E-state index in [-0.39, 0.29) is 11.1 Å². The van der Waals surface area contributed by atoms with E-state index in [1.165, 1.54) is 0 Å². The quantitative estimate of drug-likeness (QED) is 0.474. The Bertz CT molecular complexity index is 940. The molecule has 1 aromatic rings. The van der Waals surface area contributed by atoms with Crippen LogP contribution in [0.25, 0.3) is 0 Å². The monoisotopic (exact) mass is 506 g/mol. The van der Waals surface area contributed by atoms with Crippen molar-refractivity contribution in [1.29, 1.82) is 0 Å². The number of ether oxygens (including phenoxy) is 3. The van der Waals surface area contributed by atoms with Crippen LogP contribution in [0.15, 0.2) is 12.3 Å². The highest BCUT2D eigenvalue weighted by Gasteiger charge is 2.43. The summed E-state index contributed by atoms with van der Waals surface area (Å²) in [5.41, 5.74) is 0.618. The Kier molecular flexibility index (Phi) is 7.43. The Labute approximate surface area is 210 Å². The standard InChI is InChI=1S/C24H38N6O4S/c1-4-32-22(31)35-18-23(2,17-26-35)30(29-13-11-28(3)12-14-29)21-25-10-7-20(27-21)19-5-8-24(9-6-19)33-15-16-34-24/h7,10,18-19,26H,4-6,8-9,11-17H2,1-3H3. The molecule has 0 aromatic carbocycles. The molecule has 0 bridgehead atoms. The van der Waals surface area contributed by atoms with Gasteiger partial charge < -0.3 is 19.1 Å². The van der Waals surface area contributed by atoms with Gasteiger partial charge in [0.15, 0.2) is 5.79 Å². The molecule has 0 radical (unpaired) electrons. The van der Waals surface area contributed by atoms with Crippen LogP contribution in [0.5, 0.6) is 0 Å². The lowest BCUT2D eigenvalue weighted by Crippen LogP contribution is -2.63. The molecular weight excluding hydrogens is 468 g/mol. The van der Waals surface area contributed by atoms with Gasteiger partial charge in [0.05, 0.1) is 25.4 Å². The van der Waals surface area contributed by atoms with Crippen LogP contribution in [-0.4, -0.2) is 101 Å². The minimum atomic E-state index is -0.760. The zero-order valence-corrected chi connectivity index (χ0v) is 21.9. The largest absolute Gasteiger partial charge is 0.457 e. The Morgan fingerprint density at radius 3 is 2.66 bits per heavy atom. The van der Waals surface area contributed by atoms with Crippen LogP contribution in [0.1, 0.15) is 51.1 Å². The molecule has 11 heteroatoms. The summed E-state index contributed by atoms with van der Waals surface area (Å²) in [6.07, 6.45) is 5.66. The van der Waals surface area contributed by atoms with Gasteiger partial charge in [-0.05, 0) is 55.8 Å². The summed E-state index contributed by atoms with van der Waals surface area (Å²) in [5.74, 6) is 0.673. The number of hydrazine groups is 1. The van der Waals surface area contributed by atoms with Gasteiger partial charge in [-0.25, -0.2) is 19.8 Å². The molecule has 2 saturated heterocycles. The molecule has 35 heavy (non-hydrogen) atoms. The summed E-state index contributed by atoms with van der Waals surface area (Å²) < 4.78 is 20.5. The number of hydrogen-bond donors (Lipinski definition) is 1. The maximum atomic E-state index is 12.5. The third-order valence-corrected chi connectivity index (χ3v) is 9.15. The molecule has 1 saturated carbocycles. The fourth-order valence-corrected chi connectivity index (χ4v) is 7.16. The van der Waals surface area contributed by atoms with Crippen molar-refractivity contribution in [2.45, 2.75) is 56.8 Å². The second-order valence-electron chi connectivity index (χ2n) is 10.0. The van der Waals surface area contributed by atoms with Gasteiger partial charge in [0, 0.05) is 63.4 Å². The molecule has 194 valence electrons. The van der Waals surface area contributed by atoms with Crippen molar-refractivity contribution in [2.24, 2.45) is 0 Å². The summed E-state index contributed by atoms with van der Waals surface area (Å²) in [4.78, 5) is 24.7. The molecule has 2 unspecified atom stereocenters. The fraction of sp³-hybridized carbons (Fsp3) is 0.750. The van der Waals surface area contributed by atoms with Crippen molar-refractivity contribution in [2.75, 3.05) is 64.6 Å². The van der Waals surface area contributed by atoms with Gasteiger partial charge in [0.25, 0.3) is 0 Å². The molecule has 4 aliphatic rings. The Morgan fingerprint density at radius 1 is 1.26 bits per heavy atom. The molecule has 3 aliphatic heterocycles. The Balaban J connectivity index is 1.41. The number of hydrogen-bond acceptors (Lipinski definition) is 10. The number of likely N-dealkylation sites (N-methyl/N-ethyl adjacent to an activating group) is 1. The van der Waals surface area contributed by atoms with E-state index in [0.717, 1.165) is 57.6 Å². The first kappa shape index (κ1) is 25.0. The number of anilines is 1. The molecular formula is C24H38N6O4S. The van der Waals surface area contributed by atoms with Gasteiger partial charge in [-0.3, -0.25) is 9.73 Å². The minimum Gasteiger partial charge on any atom is -0.457 e. The van der Waals surface area contributed by atoms with Crippen LogP contribution < -0.4 is 9.73 Å². The SMILES string of the molecule is CCOC(=O)S1=CC(C)(N(c2nccc(C3CCC4(CC3)OCCO4)n2)N2CCN(C)CC2)CN1. The Hall–Kier alpha value is -1.63. The first-order chi connectivity index (χ1) is 16.9. The van der Waals surface area contributed by atoms with Crippen LogP contribution in [-0.2, 0) is 14.2 Å². The number of nitrogens with zero attached hydrogens (tertiary/aromatic N) is 5. The van der Waals surface area contributed by atoms with E-state index in [2.05, 4.69) is 39.0 Å². The third kappa shape index (κ3) is 5.26. The van der Waals surface area contributed by atoms with E-state index in [1.807, 2.05) is 19.2 Å². The third-order valence-electron chi connectivity index (χ3n) is 7.48. The summed E-state index contributed by atoms with van der Waals surface area (Å²) in [6, 6.07) is 2.05. The van der Waals surface area contributed by atoms with Crippen molar-refractivity contribution in [3.05, 3.63) is 18.0 Å². The van der Waals surface area contributed by atoms with Gasteiger partial charge in [0.2, 0.25) is 5.95 Å². The van der Waals surface area contributed by atoms with E-state index in [0.29, 0.717) is 38.2 Å². The maximum Gasteiger partial charge on any atom is 0.375 e. The predicted molar refractivity (Wildman–Crippen MR) is 137 cm³/mol. The molecule has 3 fully saturated rings. The summed E-state index contributed by atoms with van der Waals surface area (Å²) in [5, 5.41) is 6.43. The first-order valence-corrected chi connectivity index (χ1v) is 14.0. The Morgan fingerprint density at radius 2 is 1.97 bits per heavy atom. The number of carbonyl (C=O) groups excluding carboxylic acids is 1. The smallest absolute Gasteiger partial charge is 0.375 e. The van der Waals surface area contributed by atoms with Crippen LogP contribution in [0, 0.1) is 0 Å². The van der Waals surface area contributed by atoms with Crippen LogP contribution >= 0.6 is 10.7 Å². The molecule has 0 amide bonds. The van der Waals surface area contributed by atoms with Crippen molar-refractivity contribution in [1.82, 2.24) is 24.6 Å². The number of nitrogens with one attached hydrogen (secondary N) is 1. The van der Waals surface area contributed by atoms with Crippen LogP contribution in [0.4, 0.5) is 10.7 Å². The number of rotatable bonds is 5. The zero-order chi connectivity index (χ0) is 24.5.